The van der Waals surface area contributed by atoms with Crippen molar-refractivity contribution in [3.63, 3.8) is 0 Å². The molecule has 1 aromatic heterocycles. The summed E-state index contributed by atoms with van der Waals surface area (Å²) in [4.78, 5) is 16.4. The van der Waals surface area contributed by atoms with Gasteiger partial charge in [0.1, 0.15) is 17.4 Å². The van der Waals surface area contributed by atoms with Crippen LogP contribution in [0.2, 0.25) is 0 Å². The van der Waals surface area contributed by atoms with Crippen LogP contribution in [0.4, 0.5) is 0 Å². The fraction of sp³-hybridized carbons (Fsp3) is 0.200. The van der Waals surface area contributed by atoms with E-state index in [1.807, 2.05) is 41.8 Å². The summed E-state index contributed by atoms with van der Waals surface area (Å²) in [5.74, 6) is 1.42. The van der Waals surface area contributed by atoms with Crippen molar-refractivity contribution in [3.05, 3.63) is 59.6 Å². The van der Waals surface area contributed by atoms with Gasteiger partial charge in [0.25, 0.3) is 0 Å². The third-order valence-electron chi connectivity index (χ3n) is 3.67. The Morgan fingerprint density at radius 3 is 2.59 bits per heavy atom. The van der Waals surface area contributed by atoms with E-state index in [4.69, 9.17) is 18.9 Å². The van der Waals surface area contributed by atoms with E-state index in [1.54, 1.807) is 26.4 Å². The zero-order valence-electron chi connectivity index (χ0n) is 15.0. The molecule has 0 N–H and O–H groups in total. The fourth-order valence-corrected chi connectivity index (χ4v) is 3.23. The number of esters is 1. The maximum Gasteiger partial charge on any atom is 0.344 e. The van der Waals surface area contributed by atoms with Crippen molar-refractivity contribution in [2.75, 3.05) is 20.8 Å². The Morgan fingerprint density at radius 2 is 1.85 bits per heavy atom. The van der Waals surface area contributed by atoms with Gasteiger partial charge in [0.2, 0.25) is 0 Å². The minimum Gasteiger partial charge on any atom is -0.493 e. The fourth-order valence-electron chi connectivity index (χ4n) is 2.41. The van der Waals surface area contributed by atoms with E-state index in [-0.39, 0.29) is 13.2 Å². The summed E-state index contributed by atoms with van der Waals surface area (Å²) in [6.45, 7) is -0.0650. The molecule has 3 aromatic rings. The normalized spacial score (nSPS) is 10.3. The topological polar surface area (TPSA) is 66.9 Å². The molecule has 27 heavy (non-hydrogen) atoms. The smallest absolute Gasteiger partial charge is 0.344 e. The van der Waals surface area contributed by atoms with Crippen LogP contribution in [0, 0.1) is 0 Å². The molecular weight excluding hydrogens is 366 g/mol. The maximum absolute atomic E-state index is 11.8. The molecule has 0 aliphatic heterocycles. The van der Waals surface area contributed by atoms with Crippen LogP contribution in [-0.2, 0) is 16.1 Å². The zero-order valence-corrected chi connectivity index (χ0v) is 15.8. The Balaban J connectivity index is 1.59. The average Bonchev–Trinajstić information content (AvgIpc) is 3.19. The van der Waals surface area contributed by atoms with Crippen LogP contribution in [0.1, 0.15) is 5.69 Å². The van der Waals surface area contributed by atoms with Crippen molar-refractivity contribution in [2.24, 2.45) is 0 Å². The van der Waals surface area contributed by atoms with Gasteiger partial charge in [-0.2, -0.15) is 0 Å². The number of nitrogens with zero attached hydrogens (tertiary/aromatic N) is 1. The number of aromatic nitrogens is 1. The van der Waals surface area contributed by atoms with Crippen LogP contribution >= 0.6 is 11.3 Å². The van der Waals surface area contributed by atoms with Crippen LogP contribution in [-0.4, -0.2) is 31.8 Å². The van der Waals surface area contributed by atoms with Crippen LogP contribution < -0.4 is 14.2 Å². The van der Waals surface area contributed by atoms with E-state index < -0.39 is 5.97 Å². The van der Waals surface area contributed by atoms with Gasteiger partial charge >= 0.3 is 5.97 Å². The second-order valence-electron chi connectivity index (χ2n) is 5.45. The molecule has 1 heterocycles. The summed E-state index contributed by atoms with van der Waals surface area (Å²) in [6.07, 6.45) is 0. The number of carbonyl (C=O) groups is 1. The molecule has 140 valence electrons. The van der Waals surface area contributed by atoms with E-state index in [0.29, 0.717) is 22.9 Å². The van der Waals surface area contributed by atoms with Gasteiger partial charge in [-0.1, -0.05) is 24.3 Å². The quantitative estimate of drug-likeness (QED) is 0.547. The predicted molar refractivity (Wildman–Crippen MR) is 102 cm³/mol. The summed E-state index contributed by atoms with van der Waals surface area (Å²) in [6, 6.07) is 14.7. The van der Waals surface area contributed by atoms with Crippen LogP contribution in [0.3, 0.4) is 0 Å². The number of hydrogen-bond donors (Lipinski definition) is 0. The van der Waals surface area contributed by atoms with Gasteiger partial charge in [0, 0.05) is 5.38 Å². The molecule has 2 aromatic carbocycles. The Kier molecular flexibility index (Phi) is 6.27. The molecule has 6 nitrogen and oxygen atoms in total. The molecule has 0 atom stereocenters. The van der Waals surface area contributed by atoms with Gasteiger partial charge in [-0.25, -0.2) is 9.78 Å². The van der Waals surface area contributed by atoms with Gasteiger partial charge in [0.05, 0.1) is 25.5 Å². The Morgan fingerprint density at radius 1 is 1.04 bits per heavy atom. The third kappa shape index (κ3) is 4.77. The van der Waals surface area contributed by atoms with Gasteiger partial charge in [-0.05, 0) is 24.3 Å². The molecule has 0 saturated carbocycles. The molecule has 0 saturated heterocycles. The number of para-hydroxylation sites is 2. The SMILES string of the molecule is COc1cccc(-c2nc(COC(=O)COc3ccccc3)cs2)c1OC. The Hall–Kier alpha value is -3.06. The molecule has 7 heteroatoms. The first-order valence-electron chi connectivity index (χ1n) is 8.20. The maximum atomic E-state index is 11.8. The first-order valence-corrected chi connectivity index (χ1v) is 9.08. The molecule has 0 amide bonds. The highest BCUT2D eigenvalue weighted by Gasteiger charge is 2.15. The predicted octanol–water partition coefficient (Wildman–Crippen LogP) is 3.95. The molecule has 3 rings (SSSR count). The van der Waals surface area contributed by atoms with Crippen molar-refractivity contribution in [1.82, 2.24) is 4.98 Å². The molecule has 0 unspecified atom stereocenters. The Labute approximate surface area is 161 Å². The van der Waals surface area contributed by atoms with Gasteiger partial charge in [-0.3, -0.25) is 0 Å². The summed E-state index contributed by atoms with van der Waals surface area (Å²) in [5, 5.41) is 2.61. The monoisotopic (exact) mass is 385 g/mol. The highest BCUT2D eigenvalue weighted by atomic mass is 32.1. The lowest BCUT2D eigenvalue weighted by Crippen LogP contribution is -2.14. The average molecular weight is 385 g/mol. The second kappa shape index (κ2) is 9.05. The molecule has 0 aliphatic carbocycles. The molecule has 0 fully saturated rings. The number of rotatable bonds is 8. The number of methoxy groups -OCH3 is 2. The van der Waals surface area contributed by atoms with E-state index in [0.717, 1.165) is 10.6 Å². The lowest BCUT2D eigenvalue weighted by molar-refractivity contribution is -0.147. The minimum absolute atomic E-state index is 0.0831. The number of benzene rings is 2. The third-order valence-corrected chi connectivity index (χ3v) is 4.59. The van der Waals surface area contributed by atoms with Gasteiger partial charge < -0.3 is 18.9 Å². The van der Waals surface area contributed by atoms with Crippen molar-refractivity contribution < 1.29 is 23.7 Å². The van der Waals surface area contributed by atoms with Crippen molar-refractivity contribution in [2.45, 2.75) is 6.61 Å². The van der Waals surface area contributed by atoms with E-state index >= 15 is 0 Å². The number of thiazole rings is 1. The Bertz CT molecular complexity index is 894. The molecule has 0 bridgehead atoms. The largest absolute Gasteiger partial charge is 0.493 e. The highest BCUT2D eigenvalue weighted by molar-refractivity contribution is 7.13. The van der Waals surface area contributed by atoms with E-state index in [2.05, 4.69) is 4.98 Å². The van der Waals surface area contributed by atoms with Gasteiger partial charge in [0.15, 0.2) is 18.1 Å². The molecule has 0 spiro atoms. The van der Waals surface area contributed by atoms with Crippen molar-refractivity contribution in [1.29, 1.82) is 0 Å². The summed E-state index contributed by atoms with van der Waals surface area (Å²) in [5.41, 5.74) is 1.49. The standard InChI is InChI=1S/C20H19NO5S/c1-23-17-10-6-9-16(19(17)24-2)20-21-14(13-27-20)11-26-18(22)12-25-15-7-4-3-5-8-15/h3-10,13H,11-12H2,1-2H3. The van der Waals surface area contributed by atoms with Crippen LogP contribution in [0.25, 0.3) is 10.6 Å². The first kappa shape index (κ1) is 18.7. The van der Waals surface area contributed by atoms with E-state index in [9.17, 15) is 4.79 Å². The van der Waals surface area contributed by atoms with Crippen molar-refractivity contribution in [3.8, 4) is 27.8 Å². The molecular formula is C20H19NO5S. The first-order chi connectivity index (χ1) is 13.2. The van der Waals surface area contributed by atoms with E-state index in [1.165, 1.54) is 11.3 Å². The zero-order chi connectivity index (χ0) is 19.1. The van der Waals surface area contributed by atoms with Crippen molar-refractivity contribution >= 4 is 17.3 Å². The van der Waals surface area contributed by atoms with Crippen LogP contribution in [0.15, 0.2) is 53.9 Å². The molecule has 0 radical (unpaired) electrons. The number of hydrogen-bond acceptors (Lipinski definition) is 7. The van der Waals surface area contributed by atoms with Gasteiger partial charge in [-0.15, -0.1) is 11.3 Å². The number of carbonyl (C=O) groups excluding carboxylic acids is 1. The number of ether oxygens (including phenoxy) is 4. The van der Waals surface area contributed by atoms with Crippen LogP contribution in [0.5, 0.6) is 17.2 Å². The summed E-state index contributed by atoms with van der Waals surface area (Å²) in [7, 11) is 3.18. The summed E-state index contributed by atoms with van der Waals surface area (Å²) < 4.78 is 21.3. The molecule has 0 aliphatic rings. The lowest BCUT2D eigenvalue weighted by atomic mass is 10.2. The second-order valence-corrected chi connectivity index (χ2v) is 6.31. The summed E-state index contributed by atoms with van der Waals surface area (Å²) >= 11 is 1.44. The lowest BCUT2D eigenvalue weighted by Gasteiger charge is -2.10. The highest BCUT2D eigenvalue weighted by Crippen LogP contribution is 2.38. The minimum atomic E-state index is -0.452.